The molecule has 4 saturated carbocycles. The SMILES string of the molecule is CC(C)[C@@H](C)[C@@]1(C)C[C@@H]1[C@@H](C)[C@H]1CC[C@H]2[C@@H]3CC=C4C[C@@H](O)CC[C@]4(C)[C@H]3[C@H](O)C[C@]12C. The third-order valence-electron chi connectivity index (χ3n) is 12.7. The van der Waals surface area contributed by atoms with E-state index in [4.69, 9.17) is 0 Å². The topological polar surface area (TPSA) is 40.5 Å². The number of allylic oxidation sites excluding steroid dienone is 1. The van der Waals surface area contributed by atoms with E-state index in [0.717, 1.165) is 67.6 Å². The average Bonchev–Trinajstić information content (AvgIpc) is 3.30. The van der Waals surface area contributed by atoms with Gasteiger partial charge < -0.3 is 10.2 Å². The fraction of sp³-hybridized carbons (Fsp3) is 0.933. The molecule has 0 spiro atoms. The zero-order chi connectivity index (χ0) is 23.2. The van der Waals surface area contributed by atoms with E-state index in [2.05, 4.69) is 54.5 Å². The van der Waals surface area contributed by atoms with Crippen molar-refractivity contribution in [3.05, 3.63) is 11.6 Å². The van der Waals surface area contributed by atoms with Crippen LogP contribution < -0.4 is 0 Å². The summed E-state index contributed by atoms with van der Waals surface area (Å²) in [6.45, 7) is 17.4. The molecular formula is C30H50O2. The summed E-state index contributed by atoms with van der Waals surface area (Å²) >= 11 is 0. The number of hydrogen-bond donors (Lipinski definition) is 2. The van der Waals surface area contributed by atoms with Crippen LogP contribution in [0.1, 0.15) is 99.8 Å². The first-order chi connectivity index (χ1) is 14.9. The van der Waals surface area contributed by atoms with Gasteiger partial charge in [0.25, 0.3) is 0 Å². The predicted octanol–water partition coefficient (Wildman–Crippen LogP) is 6.85. The number of hydrogen-bond acceptors (Lipinski definition) is 2. The minimum atomic E-state index is -0.182. The molecule has 0 aliphatic heterocycles. The van der Waals surface area contributed by atoms with Crippen molar-refractivity contribution in [2.45, 2.75) is 112 Å². The Bertz CT molecular complexity index is 771. The van der Waals surface area contributed by atoms with Crippen molar-refractivity contribution >= 4 is 0 Å². The van der Waals surface area contributed by atoms with Crippen molar-refractivity contribution in [1.82, 2.24) is 0 Å². The second-order valence-corrected chi connectivity index (χ2v) is 14.2. The fourth-order valence-corrected chi connectivity index (χ4v) is 10.4. The highest BCUT2D eigenvalue weighted by molar-refractivity contribution is 5.27. The zero-order valence-corrected chi connectivity index (χ0v) is 21.9. The minimum Gasteiger partial charge on any atom is -0.393 e. The molecule has 12 atom stereocenters. The molecule has 0 bridgehead atoms. The van der Waals surface area contributed by atoms with Gasteiger partial charge in [-0.1, -0.05) is 60.1 Å². The standard InChI is InChI=1S/C30H50O2/c1-17(2)19(4)29(6)15-25(29)18(3)23-10-11-24-22-9-8-20-14-21(31)12-13-28(20,5)27(22)26(32)16-30(23,24)7/h8,17-19,21-27,31-32H,9-16H2,1-7H3/t18-,19+,21-,22-,23+,24-,25+,26+,27+,28-,29+,30+/m0/s1. The molecule has 4 fully saturated rings. The first-order valence-electron chi connectivity index (χ1n) is 14.0. The molecule has 32 heavy (non-hydrogen) atoms. The van der Waals surface area contributed by atoms with Crippen LogP contribution in [0.3, 0.4) is 0 Å². The predicted molar refractivity (Wildman–Crippen MR) is 132 cm³/mol. The maximum Gasteiger partial charge on any atom is 0.0585 e. The summed E-state index contributed by atoms with van der Waals surface area (Å²) < 4.78 is 0. The molecule has 0 aromatic carbocycles. The summed E-state index contributed by atoms with van der Waals surface area (Å²) in [6, 6.07) is 0. The van der Waals surface area contributed by atoms with E-state index < -0.39 is 0 Å². The first kappa shape index (κ1) is 23.4. The lowest BCUT2D eigenvalue weighted by molar-refractivity contribution is -0.130. The number of rotatable bonds is 4. The Morgan fingerprint density at radius 1 is 0.938 bits per heavy atom. The van der Waals surface area contributed by atoms with E-state index in [-0.39, 0.29) is 17.6 Å². The number of aliphatic hydroxyl groups is 2. The molecule has 182 valence electrons. The maximum atomic E-state index is 11.7. The van der Waals surface area contributed by atoms with E-state index in [1.165, 1.54) is 24.8 Å². The van der Waals surface area contributed by atoms with Crippen molar-refractivity contribution in [3.63, 3.8) is 0 Å². The highest BCUT2D eigenvalue weighted by atomic mass is 16.3. The Balaban J connectivity index is 1.39. The van der Waals surface area contributed by atoms with Gasteiger partial charge in [-0.2, -0.15) is 0 Å². The van der Waals surface area contributed by atoms with Crippen LogP contribution in [-0.4, -0.2) is 22.4 Å². The van der Waals surface area contributed by atoms with Gasteiger partial charge in [-0.3, -0.25) is 0 Å². The van der Waals surface area contributed by atoms with Gasteiger partial charge in [0.05, 0.1) is 12.2 Å². The molecule has 0 amide bonds. The Morgan fingerprint density at radius 3 is 2.34 bits per heavy atom. The normalized spacial score (nSPS) is 54.3. The summed E-state index contributed by atoms with van der Waals surface area (Å²) in [5, 5.41) is 22.0. The highest BCUT2D eigenvalue weighted by Gasteiger charge is 2.65. The van der Waals surface area contributed by atoms with Crippen LogP contribution in [0, 0.1) is 63.6 Å². The lowest BCUT2D eigenvalue weighted by Crippen LogP contribution is -2.56. The molecule has 2 heteroatoms. The molecule has 5 aliphatic rings. The van der Waals surface area contributed by atoms with Crippen molar-refractivity contribution in [2.75, 3.05) is 0 Å². The van der Waals surface area contributed by atoms with Crippen molar-refractivity contribution in [3.8, 4) is 0 Å². The van der Waals surface area contributed by atoms with Crippen LogP contribution >= 0.6 is 0 Å². The largest absolute Gasteiger partial charge is 0.393 e. The number of fused-ring (bicyclic) bond motifs is 5. The molecule has 0 saturated heterocycles. The average molecular weight is 443 g/mol. The van der Waals surface area contributed by atoms with Crippen LogP contribution in [0.15, 0.2) is 11.6 Å². The van der Waals surface area contributed by atoms with Gasteiger partial charge in [0.2, 0.25) is 0 Å². The Labute approximate surface area is 197 Å². The van der Waals surface area contributed by atoms with Gasteiger partial charge in [0, 0.05) is 0 Å². The molecule has 2 nitrogen and oxygen atoms in total. The van der Waals surface area contributed by atoms with Crippen molar-refractivity contribution < 1.29 is 10.2 Å². The highest BCUT2D eigenvalue weighted by Crippen LogP contribution is 2.71. The monoisotopic (exact) mass is 442 g/mol. The van der Waals surface area contributed by atoms with E-state index in [0.29, 0.717) is 22.7 Å². The summed E-state index contributed by atoms with van der Waals surface area (Å²) in [7, 11) is 0. The summed E-state index contributed by atoms with van der Waals surface area (Å²) in [4.78, 5) is 0. The summed E-state index contributed by atoms with van der Waals surface area (Å²) in [6.07, 6.45) is 11.2. The Hall–Kier alpha value is -0.340. The summed E-state index contributed by atoms with van der Waals surface area (Å²) in [5.41, 5.74) is 2.38. The Kier molecular flexibility index (Phi) is 5.54. The Morgan fingerprint density at radius 2 is 1.66 bits per heavy atom. The van der Waals surface area contributed by atoms with Crippen LogP contribution in [0.25, 0.3) is 0 Å². The smallest absolute Gasteiger partial charge is 0.0585 e. The molecule has 5 aliphatic carbocycles. The van der Waals surface area contributed by atoms with Gasteiger partial charge in [-0.25, -0.2) is 0 Å². The van der Waals surface area contributed by atoms with Gasteiger partial charge >= 0.3 is 0 Å². The molecule has 0 unspecified atom stereocenters. The molecule has 0 aromatic rings. The lowest BCUT2D eigenvalue weighted by atomic mass is 9.46. The van der Waals surface area contributed by atoms with Crippen molar-refractivity contribution in [2.24, 2.45) is 63.6 Å². The van der Waals surface area contributed by atoms with Gasteiger partial charge in [0.1, 0.15) is 0 Å². The first-order valence-corrected chi connectivity index (χ1v) is 14.0. The molecule has 2 N–H and O–H groups in total. The second kappa shape index (κ2) is 7.58. The quantitative estimate of drug-likeness (QED) is 0.467. The van der Waals surface area contributed by atoms with E-state index in [9.17, 15) is 10.2 Å². The minimum absolute atomic E-state index is 0.106. The van der Waals surface area contributed by atoms with E-state index in [1.807, 2.05) is 0 Å². The molecule has 5 rings (SSSR count). The van der Waals surface area contributed by atoms with Gasteiger partial charge in [0.15, 0.2) is 0 Å². The van der Waals surface area contributed by atoms with E-state index >= 15 is 0 Å². The van der Waals surface area contributed by atoms with Crippen LogP contribution in [0.5, 0.6) is 0 Å². The van der Waals surface area contributed by atoms with Crippen LogP contribution in [-0.2, 0) is 0 Å². The van der Waals surface area contributed by atoms with Crippen molar-refractivity contribution in [1.29, 1.82) is 0 Å². The molecule has 0 aromatic heterocycles. The molecular weight excluding hydrogens is 392 g/mol. The lowest BCUT2D eigenvalue weighted by Gasteiger charge is -2.60. The third-order valence-corrected chi connectivity index (χ3v) is 12.7. The fourth-order valence-electron chi connectivity index (χ4n) is 10.4. The third kappa shape index (κ3) is 3.17. The zero-order valence-electron chi connectivity index (χ0n) is 21.9. The number of aliphatic hydroxyl groups excluding tert-OH is 2. The summed E-state index contributed by atoms with van der Waals surface area (Å²) in [5.74, 6) is 5.75. The van der Waals surface area contributed by atoms with Crippen LogP contribution in [0.4, 0.5) is 0 Å². The van der Waals surface area contributed by atoms with E-state index in [1.54, 1.807) is 0 Å². The molecule has 0 radical (unpaired) electrons. The van der Waals surface area contributed by atoms with Gasteiger partial charge in [-0.05, 0) is 115 Å². The molecule has 0 heterocycles. The second-order valence-electron chi connectivity index (χ2n) is 14.2. The van der Waals surface area contributed by atoms with Gasteiger partial charge in [-0.15, -0.1) is 0 Å². The van der Waals surface area contributed by atoms with Crippen LogP contribution in [0.2, 0.25) is 0 Å². The maximum absolute atomic E-state index is 11.7.